The third kappa shape index (κ3) is 4.67. The minimum Gasteiger partial charge on any atom is -0.497 e. The molecule has 1 aliphatic carbocycles. The van der Waals surface area contributed by atoms with Gasteiger partial charge in [-0.1, -0.05) is 38.0 Å². The lowest BCUT2D eigenvalue weighted by Gasteiger charge is -2.29. The summed E-state index contributed by atoms with van der Waals surface area (Å²) in [5.74, 6) is 0.559. The van der Waals surface area contributed by atoms with Crippen LogP contribution in [0.4, 0.5) is 5.13 Å². The molecule has 0 bridgehead atoms. The first-order valence-corrected chi connectivity index (χ1v) is 10.4. The van der Waals surface area contributed by atoms with Gasteiger partial charge in [-0.2, -0.15) is 0 Å². The Morgan fingerprint density at radius 1 is 1.25 bits per heavy atom. The van der Waals surface area contributed by atoms with Crippen LogP contribution in [0.15, 0.2) is 24.3 Å². The summed E-state index contributed by atoms with van der Waals surface area (Å²) in [6.45, 7) is 3.97. The Morgan fingerprint density at radius 3 is 2.54 bits per heavy atom. The van der Waals surface area contributed by atoms with E-state index in [-0.39, 0.29) is 23.7 Å². The molecule has 2 atom stereocenters. The van der Waals surface area contributed by atoms with Crippen molar-refractivity contribution >= 4 is 28.3 Å². The van der Waals surface area contributed by atoms with E-state index in [1.165, 1.54) is 11.3 Å². The van der Waals surface area contributed by atoms with Gasteiger partial charge in [0.25, 0.3) is 0 Å². The van der Waals surface area contributed by atoms with Gasteiger partial charge in [-0.15, -0.1) is 10.2 Å². The summed E-state index contributed by atoms with van der Waals surface area (Å²) < 4.78 is 5.16. The molecule has 2 aromatic rings. The molecule has 0 aliphatic heterocycles. The van der Waals surface area contributed by atoms with Crippen LogP contribution in [0.3, 0.4) is 0 Å². The topological polar surface area (TPSA) is 93.2 Å². The first-order chi connectivity index (χ1) is 13.5. The number of hydrogen-bond acceptors (Lipinski definition) is 6. The van der Waals surface area contributed by atoms with Gasteiger partial charge in [-0.05, 0) is 43.0 Å². The van der Waals surface area contributed by atoms with Crippen molar-refractivity contribution in [2.24, 2.45) is 11.8 Å². The highest BCUT2D eigenvalue weighted by atomic mass is 32.1. The molecule has 1 fully saturated rings. The van der Waals surface area contributed by atoms with Crippen molar-refractivity contribution in [3.63, 3.8) is 0 Å². The highest BCUT2D eigenvalue weighted by Crippen LogP contribution is 2.29. The largest absolute Gasteiger partial charge is 0.497 e. The summed E-state index contributed by atoms with van der Waals surface area (Å²) in [6, 6.07) is 6.91. The Balaban J connectivity index is 1.67. The van der Waals surface area contributed by atoms with Crippen LogP contribution in [0.25, 0.3) is 10.6 Å². The van der Waals surface area contributed by atoms with Crippen molar-refractivity contribution in [2.45, 2.75) is 45.6 Å². The lowest BCUT2D eigenvalue weighted by atomic mass is 9.84. The van der Waals surface area contributed by atoms with Crippen molar-refractivity contribution in [2.75, 3.05) is 12.4 Å². The molecule has 2 N–H and O–H groups in total. The molecular weight excluding hydrogens is 376 g/mol. The van der Waals surface area contributed by atoms with Gasteiger partial charge in [0.05, 0.1) is 7.11 Å². The molecule has 3 rings (SSSR count). The molecule has 2 amide bonds. The van der Waals surface area contributed by atoms with E-state index in [4.69, 9.17) is 4.74 Å². The molecule has 8 heteroatoms. The van der Waals surface area contributed by atoms with Crippen LogP contribution in [-0.2, 0) is 9.59 Å². The summed E-state index contributed by atoms with van der Waals surface area (Å²) in [6.07, 6.45) is 3.68. The van der Waals surface area contributed by atoms with Crippen LogP contribution < -0.4 is 15.4 Å². The number of nitrogens with zero attached hydrogens (tertiary/aromatic N) is 2. The van der Waals surface area contributed by atoms with Crippen molar-refractivity contribution in [3.8, 4) is 16.3 Å². The normalized spacial score (nSPS) is 16.0. The predicted molar refractivity (Wildman–Crippen MR) is 109 cm³/mol. The lowest BCUT2D eigenvalue weighted by molar-refractivity contribution is -0.132. The number of nitrogens with one attached hydrogen (secondary N) is 2. The Hall–Kier alpha value is -2.48. The number of carbonyl (C=O) groups excluding carboxylic acids is 2. The van der Waals surface area contributed by atoms with Gasteiger partial charge in [0.2, 0.25) is 16.9 Å². The Kier molecular flexibility index (Phi) is 6.61. The molecule has 150 valence electrons. The van der Waals surface area contributed by atoms with Gasteiger partial charge in [0, 0.05) is 11.5 Å². The van der Waals surface area contributed by atoms with E-state index in [9.17, 15) is 9.59 Å². The summed E-state index contributed by atoms with van der Waals surface area (Å²) in [5.41, 5.74) is 0.899. The van der Waals surface area contributed by atoms with E-state index in [0.29, 0.717) is 10.1 Å². The number of hydrogen-bond donors (Lipinski definition) is 2. The van der Waals surface area contributed by atoms with Gasteiger partial charge in [0.1, 0.15) is 16.8 Å². The van der Waals surface area contributed by atoms with Crippen LogP contribution >= 0.6 is 11.3 Å². The number of ether oxygens (including phenoxy) is 1. The van der Waals surface area contributed by atoms with Gasteiger partial charge < -0.3 is 10.1 Å². The van der Waals surface area contributed by atoms with E-state index >= 15 is 0 Å². The smallest absolute Gasteiger partial charge is 0.249 e. The van der Waals surface area contributed by atoms with Crippen molar-refractivity contribution in [3.05, 3.63) is 24.3 Å². The zero-order valence-corrected chi connectivity index (χ0v) is 17.2. The van der Waals surface area contributed by atoms with Crippen LogP contribution in [0.5, 0.6) is 5.75 Å². The van der Waals surface area contributed by atoms with Crippen LogP contribution in [0.2, 0.25) is 0 Å². The van der Waals surface area contributed by atoms with E-state index in [0.717, 1.165) is 37.0 Å². The fourth-order valence-electron chi connectivity index (χ4n) is 2.95. The highest BCUT2D eigenvalue weighted by Gasteiger charge is 2.32. The SMILES string of the molecule is CCC(C)C(NC(=O)C1CCC1)C(=O)Nc1nnc(-c2ccc(OC)cc2)s1. The van der Waals surface area contributed by atoms with E-state index in [2.05, 4.69) is 20.8 Å². The fraction of sp³-hybridized carbons (Fsp3) is 0.500. The fourth-order valence-corrected chi connectivity index (χ4v) is 3.70. The molecule has 1 aromatic heterocycles. The van der Waals surface area contributed by atoms with E-state index in [1.807, 2.05) is 38.1 Å². The lowest BCUT2D eigenvalue weighted by Crippen LogP contribution is -2.50. The van der Waals surface area contributed by atoms with Crippen molar-refractivity contribution < 1.29 is 14.3 Å². The van der Waals surface area contributed by atoms with E-state index in [1.54, 1.807) is 7.11 Å². The molecule has 1 heterocycles. The Bertz CT molecular complexity index is 817. The molecule has 0 radical (unpaired) electrons. The quantitative estimate of drug-likeness (QED) is 0.705. The van der Waals surface area contributed by atoms with Crippen LogP contribution in [-0.4, -0.2) is 35.2 Å². The van der Waals surface area contributed by atoms with Crippen molar-refractivity contribution in [1.29, 1.82) is 0 Å². The van der Waals surface area contributed by atoms with E-state index < -0.39 is 6.04 Å². The third-order valence-electron chi connectivity index (χ3n) is 5.26. The maximum absolute atomic E-state index is 12.8. The zero-order valence-electron chi connectivity index (χ0n) is 16.4. The minimum absolute atomic E-state index is 0.0251. The average molecular weight is 403 g/mol. The Labute approximate surface area is 168 Å². The maximum Gasteiger partial charge on any atom is 0.249 e. The molecule has 7 nitrogen and oxygen atoms in total. The monoisotopic (exact) mass is 402 g/mol. The molecule has 1 saturated carbocycles. The summed E-state index contributed by atoms with van der Waals surface area (Å²) in [4.78, 5) is 25.1. The van der Waals surface area contributed by atoms with Gasteiger partial charge in [-0.25, -0.2) is 0 Å². The first-order valence-electron chi connectivity index (χ1n) is 9.61. The number of methoxy groups -OCH3 is 1. The molecule has 1 aromatic carbocycles. The second kappa shape index (κ2) is 9.14. The number of carbonyl (C=O) groups is 2. The number of rotatable bonds is 8. The van der Waals surface area contributed by atoms with Gasteiger partial charge in [0.15, 0.2) is 0 Å². The van der Waals surface area contributed by atoms with Gasteiger partial charge >= 0.3 is 0 Å². The highest BCUT2D eigenvalue weighted by molar-refractivity contribution is 7.18. The molecule has 1 aliphatic rings. The number of anilines is 1. The first kappa shape index (κ1) is 20.3. The molecular formula is C20H26N4O3S. The summed E-state index contributed by atoms with van der Waals surface area (Å²) in [5, 5.41) is 15.1. The number of benzene rings is 1. The molecule has 28 heavy (non-hydrogen) atoms. The predicted octanol–water partition coefficient (Wildman–Crippen LogP) is 3.48. The summed E-state index contributed by atoms with van der Waals surface area (Å²) >= 11 is 1.30. The molecule has 0 spiro atoms. The number of aromatic nitrogens is 2. The summed E-state index contributed by atoms with van der Waals surface area (Å²) in [7, 11) is 1.62. The average Bonchev–Trinajstić information content (AvgIpc) is 3.12. The van der Waals surface area contributed by atoms with Crippen LogP contribution in [0.1, 0.15) is 39.5 Å². The van der Waals surface area contributed by atoms with Crippen LogP contribution in [0, 0.1) is 11.8 Å². The van der Waals surface area contributed by atoms with Gasteiger partial charge in [-0.3, -0.25) is 14.9 Å². The number of amides is 2. The molecule has 0 saturated heterocycles. The maximum atomic E-state index is 12.8. The Morgan fingerprint density at radius 2 is 1.96 bits per heavy atom. The zero-order chi connectivity index (χ0) is 20.1. The standard InChI is InChI=1S/C20H26N4O3S/c1-4-12(2)16(21-17(25)13-6-5-7-13)18(26)22-20-24-23-19(28-20)14-8-10-15(27-3)11-9-14/h8-13,16H,4-7H2,1-3H3,(H,21,25)(H,22,24,26). The minimum atomic E-state index is -0.577. The van der Waals surface area contributed by atoms with Crippen molar-refractivity contribution in [1.82, 2.24) is 15.5 Å². The third-order valence-corrected chi connectivity index (χ3v) is 6.15. The molecule has 2 unspecified atom stereocenters. The second-order valence-corrected chi connectivity index (χ2v) is 8.11. The second-order valence-electron chi connectivity index (χ2n) is 7.13.